The molecule has 20 heavy (non-hydrogen) atoms. The van der Waals surface area contributed by atoms with E-state index in [-0.39, 0.29) is 24.1 Å². The van der Waals surface area contributed by atoms with Gasteiger partial charge in [-0.25, -0.2) is 4.98 Å². The molecule has 1 atom stereocenters. The highest BCUT2D eigenvalue weighted by Crippen LogP contribution is 2.27. The van der Waals surface area contributed by atoms with Gasteiger partial charge in [0.15, 0.2) is 0 Å². The summed E-state index contributed by atoms with van der Waals surface area (Å²) < 4.78 is 0. The SMILES string of the molecule is O=C1CC[C@@H](CC(=O)N2CCc3cccnc32)C(=O)N1. The van der Waals surface area contributed by atoms with Crippen LogP contribution < -0.4 is 10.2 Å². The van der Waals surface area contributed by atoms with Crippen LogP contribution in [0.5, 0.6) is 0 Å². The average molecular weight is 273 g/mol. The summed E-state index contributed by atoms with van der Waals surface area (Å²) in [5, 5.41) is 2.28. The van der Waals surface area contributed by atoms with Crippen molar-refractivity contribution in [3.05, 3.63) is 23.9 Å². The number of hydrogen-bond acceptors (Lipinski definition) is 4. The van der Waals surface area contributed by atoms with Gasteiger partial charge in [-0.2, -0.15) is 0 Å². The quantitative estimate of drug-likeness (QED) is 0.792. The molecule has 1 saturated heterocycles. The lowest BCUT2D eigenvalue weighted by molar-refractivity contribution is -0.138. The number of anilines is 1. The summed E-state index contributed by atoms with van der Waals surface area (Å²) in [5.74, 6) is -0.406. The first-order chi connectivity index (χ1) is 9.65. The molecule has 0 radical (unpaired) electrons. The molecule has 2 aliphatic heterocycles. The Hall–Kier alpha value is -2.24. The summed E-state index contributed by atoms with van der Waals surface area (Å²) in [4.78, 5) is 41.0. The van der Waals surface area contributed by atoms with Crippen LogP contribution >= 0.6 is 0 Å². The van der Waals surface area contributed by atoms with Crippen LogP contribution in [-0.4, -0.2) is 29.3 Å². The van der Waals surface area contributed by atoms with Gasteiger partial charge in [-0.15, -0.1) is 0 Å². The number of amides is 3. The summed E-state index contributed by atoms with van der Waals surface area (Å²) in [7, 11) is 0. The molecule has 104 valence electrons. The lowest BCUT2D eigenvalue weighted by Gasteiger charge is -2.23. The molecule has 3 heterocycles. The van der Waals surface area contributed by atoms with E-state index >= 15 is 0 Å². The number of nitrogens with one attached hydrogen (secondary N) is 1. The summed E-state index contributed by atoms with van der Waals surface area (Å²) in [6, 6.07) is 3.81. The van der Waals surface area contributed by atoms with Crippen LogP contribution in [0.3, 0.4) is 0 Å². The largest absolute Gasteiger partial charge is 0.296 e. The van der Waals surface area contributed by atoms with E-state index in [9.17, 15) is 14.4 Å². The van der Waals surface area contributed by atoms with Crippen LogP contribution in [0.2, 0.25) is 0 Å². The van der Waals surface area contributed by atoms with Gasteiger partial charge >= 0.3 is 0 Å². The Morgan fingerprint density at radius 2 is 2.25 bits per heavy atom. The van der Waals surface area contributed by atoms with E-state index in [4.69, 9.17) is 0 Å². The van der Waals surface area contributed by atoms with E-state index in [1.807, 2.05) is 12.1 Å². The smallest absolute Gasteiger partial charge is 0.230 e. The molecule has 6 nitrogen and oxygen atoms in total. The number of nitrogens with zero attached hydrogens (tertiary/aromatic N) is 2. The van der Waals surface area contributed by atoms with Gasteiger partial charge in [-0.3, -0.25) is 24.6 Å². The van der Waals surface area contributed by atoms with Crippen LogP contribution in [0.25, 0.3) is 0 Å². The van der Waals surface area contributed by atoms with Gasteiger partial charge < -0.3 is 0 Å². The molecule has 0 unspecified atom stereocenters. The van der Waals surface area contributed by atoms with E-state index in [0.29, 0.717) is 25.2 Å². The van der Waals surface area contributed by atoms with Crippen molar-refractivity contribution in [1.82, 2.24) is 10.3 Å². The second-order valence-corrected chi connectivity index (χ2v) is 5.13. The molecule has 1 N–H and O–H groups in total. The van der Waals surface area contributed by atoms with Crippen molar-refractivity contribution in [3.63, 3.8) is 0 Å². The van der Waals surface area contributed by atoms with Gasteiger partial charge in [-0.1, -0.05) is 6.07 Å². The Labute approximate surface area is 116 Å². The van der Waals surface area contributed by atoms with Gasteiger partial charge in [0, 0.05) is 31.5 Å². The number of piperidine rings is 1. The second-order valence-electron chi connectivity index (χ2n) is 5.13. The molecule has 0 aliphatic carbocycles. The van der Waals surface area contributed by atoms with Gasteiger partial charge in [0.05, 0.1) is 0 Å². The minimum atomic E-state index is -0.409. The highest BCUT2D eigenvalue weighted by atomic mass is 16.2. The lowest BCUT2D eigenvalue weighted by atomic mass is 9.94. The van der Waals surface area contributed by atoms with Crippen molar-refractivity contribution < 1.29 is 14.4 Å². The van der Waals surface area contributed by atoms with Crippen LogP contribution in [-0.2, 0) is 20.8 Å². The number of fused-ring (bicyclic) bond motifs is 1. The lowest BCUT2D eigenvalue weighted by Crippen LogP contribution is -2.43. The Balaban J connectivity index is 1.69. The predicted octanol–water partition coefficient (Wildman–Crippen LogP) is 0.414. The van der Waals surface area contributed by atoms with Crippen molar-refractivity contribution in [2.24, 2.45) is 5.92 Å². The normalized spacial score (nSPS) is 21.6. The van der Waals surface area contributed by atoms with Gasteiger partial charge in [-0.05, 0) is 24.5 Å². The van der Waals surface area contributed by atoms with Gasteiger partial charge in [0.2, 0.25) is 17.7 Å². The van der Waals surface area contributed by atoms with Crippen LogP contribution in [0, 0.1) is 5.92 Å². The Kier molecular flexibility index (Phi) is 3.22. The maximum Gasteiger partial charge on any atom is 0.230 e. The number of imide groups is 1. The molecular weight excluding hydrogens is 258 g/mol. The highest BCUT2D eigenvalue weighted by Gasteiger charge is 2.32. The zero-order valence-corrected chi connectivity index (χ0v) is 11.0. The third kappa shape index (κ3) is 2.29. The van der Waals surface area contributed by atoms with Crippen molar-refractivity contribution in [2.75, 3.05) is 11.4 Å². The molecule has 0 aromatic carbocycles. The molecule has 0 spiro atoms. The molecular formula is C14H15N3O3. The van der Waals surface area contributed by atoms with E-state index in [1.165, 1.54) is 0 Å². The summed E-state index contributed by atoms with van der Waals surface area (Å²) in [6.07, 6.45) is 3.34. The van der Waals surface area contributed by atoms with Crippen molar-refractivity contribution in [1.29, 1.82) is 0 Å². The minimum absolute atomic E-state index is 0.100. The molecule has 6 heteroatoms. The van der Waals surface area contributed by atoms with Crippen molar-refractivity contribution in [2.45, 2.75) is 25.7 Å². The summed E-state index contributed by atoms with van der Waals surface area (Å²) in [6.45, 7) is 0.610. The number of aromatic nitrogens is 1. The van der Waals surface area contributed by atoms with Crippen LogP contribution in [0.15, 0.2) is 18.3 Å². The third-order valence-corrected chi connectivity index (χ3v) is 3.80. The fourth-order valence-corrected chi connectivity index (χ4v) is 2.70. The van der Waals surface area contributed by atoms with Crippen molar-refractivity contribution in [3.8, 4) is 0 Å². The molecule has 1 aromatic heterocycles. The van der Waals surface area contributed by atoms with Gasteiger partial charge in [0.25, 0.3) is 0 Å². The van der Waals surface area contributed by atoms with E-state index in [1.54, 1.807) is 11.1 Å². The highest BCUT2D eigenvalue weighted by molar-refractivity contribution is 6.02. The van der Waals surface area contributed by atoms with Crippen LogP contribution in [0.4, 0.5) is 5.82 Å². The van der Waals surface area contributed by atoms with Gasteiger partial charge in [0.1, 0.15) is 5.82 Å². The maximum atomic E-state index is 12.3. The summed E-state index contributed by atoms with van der Waals surface area (Å²) >= 11 is 0. The monoisotopic (exact) mass is 273 g/mol. The maximum absolute atomic E-state index is 12.3. The topological polar surface area (TPSA) is 79.4 Å². The molecule has 3 rings (SSSR count). The first-order valence-corrected chi connectivity index (χ1v) is 6.73. The molecule has 1 aromatic rings. The van der Waals surface area contributed by atoms with E-state index in [0.717, 1.165) is 12.0 Å². The van der Waals surface area contributed by atoms with E-state index < -0.39 is 5.92 Å². The minimum Gasteiger partial charge on any atom is -0.296 e. The summed E-state index contributed by atoms with van der Waals surface area (Å²) in [5.41, 5.74) is 1.06. The van der Waals surface area contributed by atoms with Crippen LogP contribution in [0.1, 0.15) is 24.8 Å². The molecule has 0 bridgehead atoms. The number of carbonyl (C=O) groups is 3. The zero-order valence-electron chi connectivity index (χ0n) is 11.0. The van der Waals surface area contributed by atoms with E-state index in [2.05, 4.69) is 10.3 Å². The number of pyridine rings is 1. The number of carbonyl (C=O) groups excluding carboxylic acids is 3. The molecule has 0 saturated carbocycles. The molecule has 3 amide bonds. The first kappa shape index (κ1) is 12.8. The molecule has 1 fully saturated rings. The second kappa shape index (κ2) is 5.03. The third-order valence-electron chi connectivity index (χ3n) is 3.80. The Morgan fingerprint density at radius 1 is 1.40 bits per heavy atom. The standard InChI is InChI=1S/C14H15N3O3/c18-11-4-3-10(14(20)16-11)8-12(19)17-7-5-9-2-1-6-15-13(9)17/h1-2,6,10H,3-5,7-8H2,(H,16,18,20)/t10-/m0/s1. The zero-order chi connectivity index (χ0) is 14.1. The number of rotatable bonds is 2. The van der Waals surface area contributed by atoms with Crippen molar-refractivity contribution >= 4 is 23.5 Å². The fourth-order valence-electron chi connectivity index (χ4n) is 2.70. The number of hydrogen-bond donors (Lipinski definition) is 1. The fraction of sp³-hybridized carbons (Fsp3) is 0.429. The predicted molar refractivity (Wildman–Crippen MR) is 70.8 cm³/mol. The first-order valence-electron chi connectivity index (χ1n) is 6.73. The Bertz CT molecular complexity index is 585. The molecule has 2 aliphatic rings. The Morgan fingerprint density at radius 3 is 3.05 bits per heavy atom. The average Bonchev–Trinajstić information content (AvgIpc) is 2.86.